The van der Waals surface area contributed by atoms with Crippen LogP contribution in [0.15, 0.2) is 29.4 Å². The molecular formula is C7H4N3O4S-. The Kier molecular flexibility index (Phi) is 3.81. The summed E-state index contributed by atoms with van der Waals surface area (Å²) in [4.78, 5) is 13.5. The summed E-state index contributed by atoms with van der Waals surface area (Å²) in [7, 11) is 0. The van der Waals surface area contributed by atoms with Crippen LogP contribution in [0.3, 0.4) is 0 Å². The molecule has 0 N–H and O–H groups in total. The van der Waals surface area contributed by atoms with Gasteiger partial charge in [0.15, 0.2) is 0 Å². The first kappa shape index (κ1) is 11.2. The van der Waals surface area contributed by atoms with Gasteiger partial charge in [0.25, 0.3) is 0 Å². The van der Waals surface area contributed by atoms with E-state index in [0.717, 1.165) is 0 Å². The first-order chi connectivity index (χ1) is 7.13. The van der Waals surface area contributed by atoms with Gasteiger partial charge in [-0.15, -0.1) is 0 Å². The van der Waals surface area contributed by atoms with E-state index in [0.29, 0.717) is 5.69 Å². The van der Waals surface area contributed by atoms with E-state index in [1.54, 1.807) is 0 Å². The number of carbonyl (C=O) groups is 1. The Labute approximate surface area is 86.8 Å². The zero-order valence-electron chi connectivity index (χ0n) is 7.19. The molecule has 0 saturated carbocycles. The van der Waals surface area contributed by atoms with Gasteiger partial charge in [-0.05, 0) is 17.7 Å². The summed E-state index contributed by atoms with van der Waals surface area (Å²) in [6.45, 7) is 0. The van der Waals surface area contributed by atoms with Crippen molar-refractivity contribution in [3.63, 3.8) is 0 Å². The summed E-state index contributed by atoms with van der Waals surface area (Å²) < 4.78 is 24.0. The van der Waals surface area contributed by atoms with Crippen LogP contribution in [0.4, 0.5) is 5.69 Å². The Morgan fingerprint density at radius 3 is 2.53 bits per heavy atom. The Morgan fingerprint density at radius 1 is 1.47 bits per heavy atom. The van der Waals surface area contributed by atoms with Crippen molar-refractivity contribution in [2.75, 3.05) is 0 Å². The molecule has 0 fully saturated rings. The molecule has 0 saturated heterocycles. The maximum absolute atomic E-state index is 11.0. The van der Waals surface area contributed by atoms with Gasteiger partial charge < -0.3 is 8.74 Å². The highest BCUT2D eigenvalue weighted by molar-refractivity contribution is 7.74. The minimum atomic E-state index is -2.89. The van der Waals surface area contributed by atoms with Crippen molar-refractivity contribution < 1.29 is 17.7 Å². The van der Waals surface area contributed by atoms with Crippen molar-refractivity contribution >= 4 is 23.0 Å². The van der Waals surface area contributed by atoms with Gasteiger partial charge in [-0.2, -0.15) is 0 Å². The minimum absolute atomic E-state index is 0.0519. The normalized spacial score (nSPS) is 11.3. The van der Waals surface area contributed by atoms with E-state index in [1.807, 2.05) is 0 Å². The fraction of sp³-hybridized carbons (Fsp3) is 0. The van der Waals surface area contributed by atoms with E-state index < -0.39 is 17.3 Å². The van der Waals surface area contributed by atoms with E-state index in [4.69, 9.17) is 5.53 Å². The number of nitrogens with zero attached hydrogens (tertiary/aromatic N) is 3. The van der Waals surface area contributed by atoms with Gasteiger partial charge in [-0.1, -0.05) is 17.2 Å². The Balaban J connectivity index is 2.84. The predicted octanol–water partition coefficient (Wildman–Crippen LogP) is 1.58. The van der Waals surface area contributed by atoms with Gasteiger partial charge in [0.2, 0.25) is 0 Å². The lowest BCUT2D eigenvalue weighted by Crippen LogP contribution is -2.06. The molecule has 0 amide bonds. The van der Waals surface area contributed by atoms with Crippen LogP contribution in [0.25, 0.3) is 10.4 Å². The van der Waals surface area contributed by atoms with Crippen LogP contribution in [-0.2, 0) is 15.5 Å². The molecule has 0 aromatic heterocycles. The van der Waals surface area contributed by atoms with Crippen molar-refractivity contribution in [1.82, 2.24) is 0 Å². The van der Waals surface area contributed by atoms with Crippen molar-refractivity contribution in [1.29, 1.82) is 0 Å². The molecular weight excluding hydrogens is 222 g/mol. The zero-order valence-corrected chi connectivity index (χ0v) is 8.01. The third-order valence-corrected chi connectivity index (χ3v) is 1.69. The number of carbonyl (C=O) groups excluding carboxylic acids is 1. The summed E-state index contributed by atoms with van der Waals surface area (Å²) in [6, 6.07) is 5.31. The predicted molar refractivity (Wildman–Crippen MR) is 49.6 cm³/mol. The second kappa shape index (κ2) is 5.11. The van der Waals surface area contributed by atoms with Crippen LogP contribution in [0, 0.1) is 0 Å². The molecule has 8 heteroatoms. The van der Waals surface area contributed by atoms with E-state index in [9.17, 15) is 13.6 Å². The second-order valence-corrected chi connectivity index (χ2v) is 2.89. The molecule has 1 atom stereocenters. The molecule has 1 unspecified atom stereocenters. The standard InChI is InChI=1S/C7H5N3O4S/c8-10-9-6-3-1-5(2-4-6)7(11)14-15(12)13/h1-4H,(H,12,13)/p-1. The molecule has 1 aromatic rings. The van der Waals surface area contributed by atoms with E-state index in [1.165, 1.54) is 24.3 Å². The average Bonchev–Trinajstić information content (AvgIpc) is 2.18. The van der Waals surface area contributed by atoms with Crippen LogP contribution in [-0.4, -0.2) is 14.7 Å². The second-order valence-electron chi connectivity index (χ2n) is 2.31. The number of hydrogen-bond acceptors (Lipinski definition) is 5. The molecule has 78 valence electrons. The molecule has 0 aliphatic rings. The molecule has 0 aliphatic carbocycles. The summed E-state index contributed by atoms with van der Waals surface area (Å²) in [5.41, 5.74) is 8.47. The lowest BCUT2D eigenvalue weighted by atomic mass is 10.2. The zero-order chi connectivity index (χ0) is 11.3. The number of rotatable bonds is 3. The van der Waals surface area contributed by atoms with Crippen LogP contribution >= 0.6 is 0 Å². The van der Waals surface area contributed by atoms with E-state index in [-0.39, 0.29) is 5.56 Å². The molecule has 7 nitrogen and oxygen atoms in total. The Morgan fingerprint density at radius 2 is 2.07 bits per heavy atom. The van der Waals surface area contributed by atoms with Gasteiger partial charge in [-0.3, -0.25) is 0 Å². The molecule has 1 aromatic carbocycles. The highest BCUT2D eigenvalue weighted by Crippen LogP contribution is 2.13. The maximum atomic E-state index is 11.0. The van der Waals surface area contributed by atoms with Crippen molar-refractivity contribution in [2.24, 2.45) is 5.11 Å². The molecule has 0 radical (unpaired) electrons. The third kappa shape index (κ3) is 3.39. The molecule has 0 spiro atoms. The fourth-order valence-corrected chi connectivity index (χ4v) is 1.05. The van der Waals surface area contributed by atoms with Crippen LogP contribution in [0.1, 0.15) is 10.4 Å². The quantitative estimate of drug-likeness (QED) is 0.336. The first-order valence-electron chi connectivity index (χ1n) is 3.60. The summed E-state index contributed by atoms with van der Waals surface area (Å²) >= 11 is -2.89. The topological polar surface area (TPSA) is 115 Å². The summed E-state index contributed by atoms with van der Waals surface area (Å²) in [6.07, 6.45) is 0. The van der Waals surface area contributed by atoms with Crippen LogP contribution in [0.5, 0.6) is 0 Å². The third-order valence-electron chi connectivity index (χ3n) is 1.41. The average molecular weight is 226 g/mol. The van der Waals surface area contributed by atoms with E-state index in [2.05, 4.69) is 14.2 Å². The summed E-state index contributed by atoms with van der Waals surface area (Å²) in [5, 5.41) is 3.27. The highest BCUT2D eigenvalue weighted by Gasteiger charge is 2.06. The molecule has 0 aliphatic heterocycles. The van der Waals surface area contributed by atoms with Crippen LogP contribution < -0.4 is 0 Å². The number of benzene rings is 1. The van der Waals surface area contributed by atoms with Gasteiger partial charge in [-0.25, -0.2) is 9.00 Å². The molecule has 15 heavy (non-hydrogen) atoms. The SMILES string of the molecule is [N-]=[N+]=Nc1ccc(C(=O)OS(=O)[O-])cc1. The Hall–Kier alpha value is -1.89. The largest absolute Gasteiger partial charge is 0.740 e. The van der Waals surface area contributed by atoms with Crippen molar-refractivity contribution in [3.05, 3.63) is 40.3 Å². The first-order valence-corrected chi connectivity index (χ1v) is 4.60. The molecule has 0 heterocycles. The molecule has 1 rings (SSSR count). The summed E-state index contributed by atoms with van der Waals surface area (Å²) in [5.74, 6) is -0.990. The van der Waals surface area contributed by atoms with Crippen molar-refractivity contribution in [3.8, 4) is 0 Å². The monoisotopic (exact) mass is 226 g/mol. The van der Waals surface area contributed by atoms with Gasteiger partial charge in [0.05, 0.1) is 5.56 Å². The number of hydrogen-bond donors (Lipinski definition) is 0. The van der Waals surface area contributed by atoms with E-state index >= 15 is 0 Å². The Bertz CT molecular complexity index is 438. The molecule has 0 bridgehead atoms. The minimum Gasteiger partial charge on any atom is -0.740 e. The highest BCUT2D eigenvalue weighted by atomic mass is 32.2. The van der Waals surface area contributed by atoms with Gasteiger partial charge >= 0.3 is 5.97 Å². The van der Waals surface area contributed by atoms with Gasteiger partial charge in [0.1, 0.15) is 11.4 Å². The number of azide groups is 1. The lowest BCUT2D eigenvalue weighted by Gasteiger charge is -2.04. The smallest absolute Gasteiger partial charge is 0.351 e. The van der Waals surface area contributed by atoms with Gasteiger partial charge in [0, 0.05) is 10.6 Å². The van der Waals surface area contributed by atoms with Crippen molar-refractivity contribution in [2.45, 2.75) is 0 Å². The van der Waals surface area contributed by atoms with Crippen LogP contribution in [0.2, 0.25) is 0 Å². The fourth-order valence-electron chi connectivity index (χ4n) is 0.826. The maximum Gasteiger partial charge on any atom is 0.351 e. The lowest BCUT2D eigenvalue weighted by molar-refractivity contribution is 0.0742.